The summed E-state index contributed by atoms with van der Waals surface area (Å²) >= 11 is 0. The lowest BCUT2D eigenvalue weighted by atomic mass is 9.91. The number of carbonyl (C=O) groups excluding carboxylic acids is 1. The van der Waals surface area contributed by atoms with Gasteiger partial charge in [0.2, 0.25) is 0 Å². The molecule has 0 atom stereocenters. The Hall–Kier alpha value is -0.780. The van der Waals surface area contributed by atoms with E-state index in [9.17, 15) is 13.2 Å². The molecule has 2 aliphatic rings. The first kappa shape index (κ1) is 15.6. The van der Waals surface area contributed by atoms with E-state index < -0.39 is 9.84 Å². The number of amides is 2. The van der Waals surface area contributed by atoms with Crippen molar-refractivity contribution in [1.82, 2.24) is 10.2 Å². The van der Waals surface area contributed by atoms with Crippen molar-refractivity contribution in [3.63, 3.8) is 0 Å². The molecule has 1 aliphatic heterocycles. The second-order valence-electron chi connectivity index (χ2n) is 6.04. The first-order valence-electron chi connectivity index (χ1n) is 7.80. The highest BCUT2D eigenvalue weighted by Gasteiger charge is 2.25. The van der Waals surface area contributed by atoms with Crippen LogP contribution in [-0.2, 0) is 9.84 Å². The van der Waals surface area contributed by atoms with E-state index in [0.717, 1.165) is 6.54 Å². The van der Waals surface area contributed by atoms with Crippen molar-refractivity contribution in [2.75, 3.05) is 31.1 Å². The molecule has 0 radical (unpaired) electrons. The fourth-order valence-electron chi connectivity index (χ4n) is 3.00. The van der Waals surface area contributed by atoms with Gasteiger partial charge in [-0.3, -0.25) is 0 Å². The van der Waals surface area contributed by atoms with Gasteiger partial charge in [-0.1, -0.05) is 32.1 Å². The van der Waals surface area contributed by atoms with Gasteiger partial charge >= 0.3 is 6.03 Å². The van der Waals surface area contributed by atoms with E-state index in [1.165, 1.54) is 44.9 Å². The monoisotopic (exact) mass is 302 g/mol. The lowest BCUT2D eigenvalue weighted by Crippen LogP contribution is -2.49. The average Bonchev–Trinajstić information content (AvgIpc) is 2.37. The first-order chi connectivity index (χ1) is 9.57. The first-order valence-corrected chi connectivity index (χ1v) is 9.62. The van der Waals surface area contributed by atoms with Crippen molar-refractivity contribution in [3.05, 3.63) is 0 Å². The molecule has 2 fully saturated rings. The predicted molar refractivity (Wildman–Crippen MR) is 79.4 cm³/mol. The Morgan fingerprint density at radius 1 is 1.00 bits per heavy atom. The highest BCUT2D eigenvalue weighted by Crippen LogP contribution is 2.21. The standard InChI is InChI=1S/C14H26N2O3S/c17-14(16-8-10-20(18,19)11-9-16)15-12-13-6-4-2-1-3-5-7-13/h13H,1-12H2,(H,15,17). The number of carbonyl (C=O) groups is 1. The van der Waals surface area contributed by atoms with Gasteiger partial charge in [0.1, 0.15) is 0 Å². The van der Waals surface area contributed by atoms with Gasteiger partial charge in [0.25, 0.3) is 0 Å². The van der Waals surface area contributed by atoms with Crippen molar-refractivity contribution in [3.8, 4) is 0 Å². The van der Waals surface area contributed by atoms with Gasteiger partial charge in [-0.15, -0.1) is 0 Å². The van der Waals surface area contributed by atoms with Crippen molar-refractivity contribution < 1.29 is 13.2 Å². The molecule has 1 heterocycles. The maximum atomic E-state index is 12.0. The molecule has 0 spiro atoms. The van der Waals surface area contributed by atoms with E-state index in [-0.39, 0.29) is 17.5 Å². The van der Waals surface area contributed by atoms with Gasteiger partial charge in [0.15, 0.2) is 9.84 Å². The van der Waals surface area contributed by atoms with Crippen LogP contribution in [0.3, 0.4) is 0 Å². The van der Waals surface area contributed by atoms with E-state index in [0.29, 0.717) is 19.0 Å². The van der Waals surface area contributed by atoms with Crippen molar-refractivity contribution >= 4 is 15.9 Å². The number of hydrogen-bond acceptors (Lipinski definition) is 3. The minimum atomic E-state index is -2.92. The van der Waals surface area contributed by atoms with Gasteiger partial charge in [-0.05, 0) is 18.8 Å². The van der Waals surface area contributed by atoms with E-state index in [4.69, 9.17) is 0 Å². The Kier molecular flexibility index (Phi) is 5.69. The lowest BCUT2D eigenvalue weighted by Gasteiger charge is -2.28. The number of nitrogens with zero attached hydrogens (tertiary/aromatic N) is 1. The largest absolute Gasteiger partial charge is 0.338 e. The third kappa shape index (κ3) is 4.96. The van der Waals surface area contributed by atoms with Gasteiger partial charge in [0, 0.05) is 19.6 Å². The van der Waals surface area contributed by atoms with Crippen LogP contribution in [0.2, 0.25) is 0 Å². The fraction of sp³-hybridized carbons (Fsp3) is 0.929. The number of urea groups is 1. The van der Waals surface area contributed by atoms with Gasteiger partial charge in [-0.25, -0.2) is 13.2 Å². The quantitative estimate of drug-likeness (QED) is 0.845. The number of sulfone groups is 1. The maximum Gasteiger partial charge on any atom is 0.317 e. The van der Waals surface area contributed by atoms with Crippen molar-refractivity contribution in [2.24, 2.45) is 5.92 Å². The Labute approximate surface area is 122 Å². The Morgan fingerprint density at radius 3 is 2.15 bits per heavy atom. The van der Waals surface area contributed by atoms with Gasteiger partial charge in [-0.2, -0.15) is 0 Å². The average molecular weight is 302 g/mol. The molecule has 0 aromatic rings. The summed E-state index contributed by atoms with van der Waals surface area (Å²) in [5.74, 6) is 0.793. The SMILES string of the molecule is O=C(NCC1CCCCCCC1)N1CCS(=O)(=O)CC1. The van der Waals surface area contributed by atoms with E-state index in [1.807, 2.05) is 0 Å². The van der Waals surface area contributed by atoms with Crippen LogP contribution < -0.4 is 5.32 Å². The zero-order valence-electron chi connectivity index (χ0n) is 12.1. The summed E-state index contributed by atoms with van der Waals surface area (Å²) in [5, 5.41) is 2.99. The summed E-state index contributed by atoms with van der Waals surface area (Å²) in [6.45, 7) is 1.40. The molecule has 2 amide bonds. The smallest absolute Gasteiger partial charge is 0.317 e. The summed E-state index contributed by atoms with van der Waals surface area (Å²) in [5.41, 5.74) is 0. The molecule has 1 saturated heterocycles. The normalized spacial score (nSPS) is 24.7. The molecule has 1 N–H and O–H groups in total. The fourth-order valence-corrected chi connectivity index (χ4v) is 4.21. The summed E-state index contributed by atoms with van der Waals surface area (Å²) in [6.07, 6.45) is 8.92. The zero-order chi connectivity index (χ0) is 14.4. The molecular weight excluding hydrogens is 276 g/mol. The molecule has 0 aromatic heterocycles. The van der Waals surface area contributed by atoms with Gasteiger partial charge < -0.3 is 10.2 Å². The molecular formula is C14H26N2O3S. The molecule has 20 heavy (non-hydrogen) atoms. The molecule has 1 saturated carbocycles. The van der Waals surface area contributed by atoms with Crippen LogP contribution in [0.1, 0.15) is 44.9 Å². The van der Waals surface area contributed by atoms with Crippen LogP contribution in [0.4, 0.5) is 4.79 Å². The minimum absolute atomic E-state index is 0.0954. The van der Waals surface area contributed by atoms with Crippen molar-refractivity contribution in [2.45, 2.75) is 44.9 Å². The molecule has 1 aliphatic carbocycles. The van der Waals surface area contributed by atoms with Crippen LogP contribution in [-0.4, -0.2) is 50.5 Å². The summed E-state index contributed by atoms with van der Waals surface area (Å²) in [4.78, 5) is 13.7. The molecule has 0 unspecified atom stereocenters. The lowest BCUT2D eigenvalue weighted by molar-refractivity contribution is 0.199. The maximum absolute atomic E-state index is 12.0. The second kappa shape index (κ2) is 7.29. The summed E-state index contributed by atoms with van der Waals surface area (Å²) in [7, 11) is -2.92. The van der Waals surface area contributed by atoms with Crippen LogP contribution >= 0.6 is 0 Å². The minimum Gasteiger partial charge on any atom is -0.338 e. The van der Waals surface area contributed by atoms with E-state index in [2.05, 4.69) is 5.32 Å². The van der Waals surface area contributed by atoms with Crippen LogP contribution in [0.15, 0.2) is 0 Å². The molecule has 2 rings (SSSR count). The van der Waals surface area contributed by atoms with Crippen LogP contribution in [0.5, 0.6) is 0 Å². The summed E-state index contributed by atoms with van der Waals surface area (Å²) < 4.78 is 22.7. The third-order valence-electron chi connectivity index (χ3n) is 4.40. The molecule has 116 valence electrons. The van der Waals surface area contributed by atoms with Crippen LogP contribution in [0, 0.1) is 5.92 Å². The molecule has 6 heteroatoms. The highest BCUT2D eigenvalue weighted by molar-refractivity contribution is 7.91. The zero-order valence-corrected chi connectivity index (χ0v) is 13.0. The van der Waals surface area contributed by atoms with E-state index in [1.54, 1.807) is 4.90 Å². The predicted octanol–water partition coefficient (Wildman–Crippen LogP) is 1.79. The molecule has 0 aromatic carbocycles. The van der Waals surface area contributed by atoms with Gasteiger partial charge in [0.05, 0.1) is 11.5 Å². The second-order valence-corrected chi connectivity index (χ2v) is 8.34. The molecule has 0 bridgehead atoms. The number of hydrogen-bond donors (Lipinski definition) is 1. The molecule has 5 nitrogen and oxygen atoms in total. The Bertz CT molecular complexity index is 400. The summed E-state index contributed by atoms with van der Waals surface area (Å²) in [6, 6.07) is -0.0954. The third-order valence-corrected chi connectivity index (χ3v) is 6.01. The highest BCUT2D eigenvalue weighted by atomic mass is 32.2. The Morgan fingerprint density at radius 2 is 1.55 bits per heavy atom. The van der Waals surface area contributed by atoms with Crippen LogP contribution in [0.25, 0.3) is 0 Å². The van der Waals surface area contributed by atoms with E-state index >= 15 is 0 Å². The number of rotatable bonds is 2. The number of nitrogens with one attached hydrogen (secondary N) is 1. The van der Waals surface area contributed by atoms with Crippen molar-refractivity contribution in [1.29, 1.82) is 0 Å². The Balaban J connectivity index is 1.71. The topological polar surface area (TPSA) is 66.5 Å².